The van der Waals surface area contributed by atoms with Crippen LogP contribution in [0.2, 0.25) is 0 Å². The summed E-state index contributed by atoms with van der Waals surface area (Å²) in [6.07, 6.45) is 3.23. The zero-order valence-electron chi connectivity index (χ0n) is 15.1. The average molecular weight is 364 g/mol. The number of hydrogen-bond donors (Lipinski definition) is 2. The molecule has 1 heterocycles. The summed E-state index contributed by atoms with van der Waals surface area (Å²) >= 11 is 0. The highest BCUT2D eigenvalue weighted by Crippen LogP contribution is 2.25. The number of nitrogens with zero attached hydrogens (tertiary/aromatic N) is 1. The van der Waals surface area contributed by atoms with E-state index in [-0.39, 0.29) is 35.5 Å². The van der Waals surface area contributed by atoms with Crippen molar-refractivity contribution < 1.29 is 23.9 Å². The number of benzene rings is 1. The monoisotopic (exact) mass is 364 g/mol. The summed E-state index contributed by atoms with van der Waals surface area (Å²) in [5.41, 5.74) is -0.382. The predicted molar refractivity (Wildman–Crippen MR) is 94.5 cm³/mol. The molecule has 6 nitrogen and oxygen atoms in total. The average Bonchev–Trinajstić information content (AvgIpc) is 2.61. The molecule has 1 fully saturated rings. The number of rotatable bonds is 6. The summed E-state index contributed by atoms with van der Waals surface area (Å²) in [4.78, 5) is 37.4. The molecule has 2 atom stereocenters. The minimum Gasteiger partial charge on any atom is -0.478 e. The van der Waals surface area contributed by atoms with Crippen LogP contribution in [0.5, 0.6) is 0 Å². The summed E-state index contributed by atoms with van der Waals surface area (Å²) < 4.78 is 14.2. The van der Waals surface area contributed by atoms with Crippen molar-refractivity contribution in [3.63, 3.8) is 0 Å². The van der Waals surface area contributed by atoms with Crippen LogP contribution in [0.1, 0.15) is 60.2 Å². The zero-order chi connectivity index (χ0) is 19.3. The fraction of sp³-hybridized carbons (Fsp3) is 0.526. The van der Waals surface area contributed by atoms with Gasteiger partial charge in [0.25, 0.3) is 5.91 Å². The van der Waals surface area contributed by atoms with Crippen LogP contribution in [-0.4, -0.2) is 46.9 Å². The van der Waals surface area contributed by atoms with Crippen LogP contribution >= 0.6 is 0 Å². The molecule has 1 aliphatic heterocycles. The first-order valence-corrected chi connectivity index (χ1v) is 8.96. The van der Waals surface area contributed by atoms with Gasteiger partial charge >= 0.3 is 5.97 Å². The van der Waals surface area contributed by atoms with Crippen molar-refractivity contribution in [2.45, 2.75) is 45.6 Å². The zero-order valence-corrected chi connectivity index (χ0v) is 15.1. The van der Waals surface area contributed by atoms with E-state index in [0.717, 1.165) is 18.9 Å². The number of aromatic carboxylic acids is 1. The van der Waals surface area contributed by atoms with Crippen molar-refractivity contribution in [2.24, 2.45) is 5.92 Å². The lowest BCUT2D eigenvalue weighted by atomic mass is 9.92. The Bertz CT molecular complexity index is 692. The number of piperidine rings is 1. The van der Waals surface area contributed by atoms with E-state index in [4.69, 9.17) is 5.11 Å². The maximum Gasteiger partial charge on any atom is 0.335 e. The molecule has 2 amide bonds. The molecule has 0 radical (unpaired) electrons. The number of halogens is 1. The van der Waals surface area contributed by atoms with Crippen molar-refractivity contribution in [1.29, 1.82) is 0 Å². The first kappa shape index (κ1) is 19.9. The Balaban J connectivity index is 2.11. The molecule has 2 unspecified atom stereocenters. The Labute approximate surface area is 152 Å². The molecule has 0 bridgehead atoms. The number of carboxylic acids is 1. The Morgan fingerprint density at radius 1 is 1.31 bits per heavy atom. The van der Waals surface area contributed by atoms with Crippen molar-refractivity contribution >= 4 is 17.8 Å². The predicted octanol–water partition coefficient (Wildman–Crippen LogP) is 2.68. The van der Waals surface area contributed by atoms with Gasteiger partial charge in [0.05, 0.1) is 17.0 Å². The molecular weight excluding hydrogens is 339 g/mol. The van der Waals surface area contributed by atoms with E-state index in [1.165, 1.54) is 17.0 Å². The Morgan fingerprint density at radius 3 is 2.65 bits per heavy atom. The van der Waals surface area contributed by atoms with Crippen LogP contribution in [0.25, 0.3) is 0 Å². The van der Waals surface area contributed by atoms with Crippen molar-refractivity contribution in [1.82, 2.24) is 10.2 Å². The number of carbonyl (C=O) groups is 3. The SMILES string of the molecule is CCCCNC(=O)C1CCC(C)N(C(=O)c2ccc(C(=O)O)cc2F)C1. The van der Waals surface area contributed by atoms with Crippen LogP contribution in [0.3, 0.4) is 0 Å². The standard InChI is InChI=1S/C19H25FN2O4/c1-3-4-9-21-17(23)14-6-5-12(2)22(11-14)18(24)15-8-7-13(19(25)26)10-16(15)20/h7-8,10,12,14H,3-6,9,11H2,1-2H3,(H,21,23)(H,25,26). The third-order valence-corrected chi connectivity index (χ3v) is 4.79. The molecule has 26 heavy (non-hydrogen) atoms. The van der Waals surface area contributed by atoms with Crippen molar-refractivity contribution in [3.05, 3.63) is 35.1 Å². The first-order chi connectivity index (χ1) is 12.3. The number of hydrogen-bond acceptors (Lipinski definition) is 3. The minimum atomic E-state index is -1.25. The van der Waals surface area contributed by atoms with Gasteiger partial charge in [0.15, 0.2) is 0 Å². The lowest BCUT2D eigenvalue weighted by molar-refractivity contribution is -0.126. The second-order valence-corrected chi connectivity index (χ2v) is 6.73. The largest absolute Gasteiger partial charge is 0.478 e. The molecule has 1 aromatic rings. The van der Waals surface area contributed by atoms with E-state index in [9.17, 15) is 18.8 Å². The van der Waals surface area contributed by atoms with E-state index >= 15 is 0 Å². The second-order valence-electron chi connectivity index (χ2n) is 6.73. The van der Waals surface area contributed by atoms with Gasteiger partial charge in [-0.15, -0.1) is 0 Å². The maximum absolute atomic E-state index is 14.2. The summed E-state index contributed by atoms with van der Waals surface area (Å²) in [5, 5.41) is 11.8. The second kappa shape index (κ2) is 8.78. The number of carboxylic acid groups (broad SMARTS) is 1. The molecular formula is C19H25FN2O4. The molecule has 1 aromatic carbocycles. The van der Waals surface area contributed by atoms with Gasteiger partial charge in [-0.25, -0.2) is 9.18 Å². The molecule has 1 aliphatic rings. The number of carbonyl (C=O) groups excluding carboxylic acids is 2. The normalized spacial score (nSPS) is 19.9. The molecule has 2 N–H and O–H groups in total. The fourth-order valence-corrected chi connectivity index (χ4v) is 3.11. The van der Waals surface area contributed by atoms with Crippen molar-refractivity contribution in [2.75, 3.05) is 13.1 Å². The molecule has 0 aliphatic carbocycles. The van der Waals surface area contributed by atoms with Gasteiger partial charge in [-0.05, 0) is 44.4 Å². The van der Waals surface area contributed by atoms with E-state index in [2.05, 4.69) is 5.32 Å². The highest BCUT2D eigenvalue weighted by atomic mass is 19.1. The molecule has 0 spiro atoms. The molecule has 2 rings (SSSR count). The Hall–Kier alpha value is -2.44. The van der Waals surface area contributed by atoms with Crippen molar-refractivity contribution in [3.8, 4) is 0 Å². The van der Waals surface area contributed by atoms with Crippen LogP contribution in [-0.2, 0) is 4.79 Å². The number of likely N-dealkylation sites (tertiary alicyclic amines) is 1. The molecule has 7 heteroatoms. The maximum atomic E-state index is 14.2. The summed E-state index contributed by atoms with van der Waals surface area (Å²) in [5.74, 6) is -3.02. The Kier molecular flexibility index (Phi) is 6.71. The lowest BCUT2D eigenvalue weighted by Gasteiger charge is -2.37. The summed E-state index contributed by atoms with van der Waals surface area (Å²) in [6.45, 7) is 4.75. The minimum absolute atomic E-state index is 0.0788. The topological polar surface area (TPSA) is 86.7 Å². The molecule has 142 valence electrons. The smallest absolute Gasteiger partial charge is 0.335 e. The van der Waals surface area contributed by atoms with Crippen LogP contribution in [0.4, 0.5) is 4.39 Å². The highest BCUT2D eigenvalue weighted by Gasteiger charge is 2.33. The number of amides is 2. The van der Waals surface area contributed by atoms with Gasteiger partial charge in [0.1, 0.15) is 5.82 Å². The van der Waals surface area contributed by atoms with Gasteiger partial charge in [0, 0.05) is 19.1 Å². The summed E-state index contributed by atoms with van der Waals surface area (Å²) in [6, 6.07) is 3.14. The Morgan fingerprint density at radius 2 is 2.04 bits per heavy atom. The highest BCUT2D eigenvalue weighted by molar-refractivity contribution is 5.96. The molecule has 1 saturated heterocycles. The van der Waals surface area contributed by atoms with E-state index in [1.807, 2.05) is 13.8 Å². The molecule has 0 saturated carbocycles. The number of nitrogens with one attached hydrogen (secondary N) is 1. The quantitative estimate of drug-likeness (QED) is 0.760. The van der Waals surface area contributed by atoms with Gasteiger partial charge in [-0.1, -0.05) is 13.3 Å². The van der Waals surface area contributed by atoms with Gasteiger partial charge in [-0.3, -0.25) is 9.59 Å². The first-order valence-electron chi connectivity index (χ1n) is 8.96. The molecule has 0 aromatic heterocycles. The van der Waals surface area contributed by atoms with Gasteiger partial charge < -0.3 is 15.3 Å². The number of unbranched alkanes of at least 4 members (excludes halogenated alkanes) is 1. The fourth-order valence-electron chi connectivity index (χ4n) is 3.11. The van der Waals surface area contributed by atoms with Crippen LogP contribution < -0.4 is 5.32 Å². The van der Waals surface area contributed by atoms with Gasteiger partial charge in [0.2, 0.25) is 5.91 Å². The third-order valence-electron chi connectivity index (χ3n) is 4.79. The third kappa shape index (κ3) is 4.59. The van der Waals surface area contributed by atoms with E-state index in [1.54, 1.807) is 0 Å². The lowest BCUT2D eigenvalue weighted by Crippen LogP contribution is -2.49. The van der Waals surface area contributed by atoms with Crippen LogP contribution in [0.15, 0.2) is 18.2 Å². The van der Waals surface area contributed by atoms with E-state index < -0.39 is 17.7 Å². The van der Waals surface area contributed by atoms with Gasteiger partial charge in [-0.2, -0.15) is 0 Å². The van der Waals surface area contributed by atoms with Crippen LogP contribution in [0, 0.1) is 11.7 Å². The summed E-state index contributed by atoms with van der Waals surface area (Å²) in [7, 11) is 0. The van der Waals surface area contributed by atoms with E-state index in [0.29, 0.717) is 19.4 Å².